The van der Waals surface area contributed by atoms with Crippen molar-refractivity contribution >= 4 is 28.6 Å². The van der Waals surface area contributed by atoms with Crippen LogP contribution in [0.4, 0.5) is 4.79 Å². The fourth-order valence-electron chi connectivity index (χ4n) is 3.73. The molecule has 0 fully saturated rings. The maximum Gasteiger partial charge on any atom is 0.341 e. The van der Waals surface area contributed by atoms with E-state index >= 15 is 0 Å². The van der Waals surface area contributed by atoms with Crippen molar-refractivity contribution in [3.05, 3.63) is 65.9 Å². The number of carboxylic acids is 1. The average Bonchev–Trinajstić information content (AvgIpc) is 2.76. The second kappa shape index (κ2) is 9.05. The third kappa shape index (κ3) is 4.54. The molecular formula is C24H23N3O5. The molecule has 0 saturated heterocycles. The van der Waals surface area contributed by atoms with Crippen LogP contribution in [0.25, 0.3) is 10.9 Å². The van der Waals surface area contributed by atoms with E-state index in [0.29, 0.717) is 30.3 Å². The summed E-state index contributed by atoms with van der Waals surface area (Å²) in [7, 11) is 0. The number of ether oxygens (including phenoxy) is 2. The normalized spacial score (nSPS) is 18.1. The lowest BCUT2D eigenvalue weighted by Crippen LogP contribution is -2.43. The molecule has 2 atom stereocenters. The number of hydrogen-bond acceptors (Lipinski definition) is 5. The number of aromatic nitrogens is 1. The molecule has 2 amide bonds. The summed E-state index contributed by atoms with van der Waals surface area (Å²) >= 11 is 0. The highest BCUT2D eigenvalue weighted by atomic mass is 16.5. The fourth-order valence-corrected chi connectivity index (χ4v) is 3.73. The zero-order valence-corrected chi connectivity index (χ0v) is 17.7. The van der Waals surface area contributed by atoms with E-state index in [-0.39, 0.29) is 5.71 Å². The number of amides is 2. The van der Waals surface area contributed by atoms with E-state index in [0.717, 1.165) is 16.6 Å². The number of para-hydroxylation sites is 1. The van der Waals surface area contributed by atoms with Crippen LogP contribution in [-0.4, -0.2) is 41.0 Å². The molecule has 3 aromatic rings. The Balaban J connectivity index is 1.37. The zero-order chi connectivity index (χ0) is 22.7. The van der Waals surface area contributed by atoms with Crippen LogP contribution in [0, 0.1) is 12.8 Å². The number of nitrogens with one attached hydrogen (secondary N) is 1. The van der Waals surface area contributed by atoms with E-state index in [2.05, 4.69) is 15.3 Å². The predicted molar refractivity (Wildman–Crippen MR) is 119 cm³/mol. The maximum absolute atomic E-state index is 11.7. The second-order valence-electron chi connectivity index (χ2n) is 7.54. The Labute approximate surface area is 184 Å². The monoisotopic (exact) mass is 433 g/mol. The number of carbonyl (C=O) groups excluding carboxylic acids is 1. The molecule has 164 valence electrons. The number of aryl methyl sites for hydroxylation is 1. The number of aliphatic imine (C=N–C) groups is 1. The van der Waals surface area contributed by atoms with Gasteiger partial charge < -0.3 is 19.9 Å². The molecule has 1 aliphatic heterocycles. The molecule has 2 N–H and O–H groups in total. The molecule has 0 aliphatic carbocycles. The van der Waals surface area contributed by atoms with Crippen molar-refractivity contribution in [2.75, 3.05) is 13.2 Å². The number of benzene rings is 2. The van der Waals surface area contributed by atoms with Gasteiger partial charge in [-0.05, 0) is 43.7 Å². The standard InChI is InChI=1S/C24H23N3O5/c1-14-6-7-16-4-3-5-19(21(16)25-14)32-13-12-31-18-10-8-17(9-11-18)22-20(23(28)29)15(2)26-24(30)27-22/h3-11,20,22H,12-13H2,1-2H3,(H,27,30)(H,28,29). The molecule has 2 heterocycles. The van der Waals surface area contributed by atoms with Crippen molar-refractivity contribution in [1.29, 1.82) is 0 Å². The first-order valence-corrected chi connectivity index (χ1v) is 10.2. The van der Waals surface area contributed by atoms with Crippen LogP contribution in [0.3, 0.4) is 0 Å². The van der Waals surface area contributed by atoms with Gasteiger partial charge in [-0.1, -0.05) is 30.3 Å². The van der Waals surface area contributed by atoms with Gasteiger partial charge in [0, 0.05) is 16.8 Å². The first-order chi connectivity index (χ1) is 15.4. The Bertz CT molecular complexity index is 1190. The average molecular weight is 433 g/mol. The lowest BCUT2D eigenvalue weighted by atomic mass is 9.88. The second-order valence-corrected chi connectivity index (χ2v) is 7.54. The summed E-state index contributed by atoms with van der Waals surface area (Å²) in [5, 5.41) is 13.2. The van der Waals surface area contributed by atoms with Crippen LogP contribution in [0.1, 0.15) is 24.2 Å². The minimum Gasteiger partial charge on any atom is -0.490 e. The molecule has 8 heteroatoms. The third-order valence-corrected chi connectivity index (χ3v) is 5.28. The van der Waals surface area contributed by atoms with Crippen LogP contribution < -0.4 is 14.8 Å². The van der Waals surface area contributed by atoms with Gasteiger partial charge in [0.1, 0.15) is 36.1 Å². The van der Waals surface area contributed by atoms with Crippen molar-refractivity contribution < 1.29 is 24.2 Å². The van der Waals surface area contributed by atoms with Gasteiger partial charge in [0.2, 0.25) is 0 Å². The van der Waals surface area contributed by atoms with Gasteiger partial charge in [-0.15, -0.1) is 0 Å². The number of carbonyl (C=O) groups is 2. The third-order valence-electron chi connectivity index (χ3n) is 5.28. The fraction of sp³-hybridized carbons (Fsp3) is 0.250. The van der Waals surface area contributed by atoms with E-state index in [1.807, 2.05) is 37.3 Å². The molecule has 4 rings (SSSR count). The van der Waals surface area contributed by atoms with Crippen LogP contribution in [-0.2, 0) is 4.79 Å². The largest absolute Gasteiger partial charge is 0.490 e. The number of rotatable bonds is 7. The minimum atomic E-state index is -1.04. The molecule has 1 aliphatic rings. The number of aliphatic carboxylic acids is 1. The summed E-state index contributed by atoms with van der Waals surface area (Å²) in [6, 6.07) is 15.5. The highest BCUT2D eigenvalue weighted by molar-refractivity contribution is 6.07. The number of fused-ring (bicyclic) bond motifs is 1. The summed E-state index contributed by atoms with van der Waals surface area (Å²) in [5.41, 5.74) is 2.69. The highest BCUT2D eigenvalue weighted by Crippen LogP contribution is 2.28. The summed E-state index contributed by atoms with van der Waals surface area (Å²) in [6.07, 6.45) is 0. The van der Waals surface area contributed by atoms with Crippen molar-refractivity contribution in [3.63, 3.8) is 0 Å². The first-order valence-electron chi connectivity index (χ1n) is 10.2. The van der Waals surface area contributed by atoms with Crippen molar-refractivity contribution in [2.45, 2.75) is 19.9 Å². The van der Waals surface area contributed by atoms with E-state index in [1.54, 1.807) is 31.2 Å². The molecule has 32 heavy (non-hydrogen) atoms. The Morgan fingerprint density at radius 2 is 1.78 bits per heavy atom. The van der Waals surface area contributed by atoms with Crippen LogP contribution in [0.2, 0.25) is 0 Å². The van der Waals surface area contributed by atoms with Gasteiger partial charge in [0.15, 0.2) is 0 Å². The van der Waals surface area contributed by atoms with Crippen LogP contribution in [0.15, 0.2) is 59.6 Å². The molecule has 2 unspecified atom stereocenters. The molecule has 0 spiro atoms. The van der Waals surface area contributed by atoms with Crippen molar-refractivity contribution in [3.8, 4) is 11.5 Å². The van der Waals surface area contributed by atoms with Crippen LogP contribution >= 0.6 is 0 Å². The maximum atomic E-state index is 11.7. The zero-order valence-electron chi connectivity index (χ0n) is 17.7. The van der Waals surface area contributed by atoms with Gasteiger partial charge >= 0.3 is 12.0 Å². The lowest BCUT2D eigenvalue weighted by Gasteiger charge is -2.28. The topological polar surface area (TPSA) is 110 Å². The Kier molecular flexibility index (Phi) is 6.02. The number of hydrogen-bond donors (Lipinski definition) is 2. The molecule has 0 saturated carbocycles. The van der Waals surface area contributed by atoms with Gasteiger partial charge in [0.05, 0.1) is 6.04 Å². The highest BCUT2D eigenvalue weighted by Gasteiger charge is 2.36. The predicted octanol–water partition coefficient (Wildman–Crippen LogP) is 3.93. The summed E-state index contributed by atoms with van der Waals surface area (Å²) in [5.74, 6) is -0.628. The Morgan fingerprint density at radius 1 is 1.03 bits per heavy atom. The molecular weight excluding hydrogens is 410 g/mol. The molecule has 2 aromatic carbocycles. The number of pyridine rings is 1. The summed E-state index contributed by atoms with van der Waals surface area (Å²) < 4.78 is 11.6. The smallest absolute Gasteiger partial charge is 0.341 e. The molecule has 0 radical (unpaired) electrons. The number of carboxylic acid groups (broad SMARTS) is 1. The van der Waals surface area contributed by atoms with Gasteiger partial charge in [-0.3, -0.25) is 4.79 Å². The minimum absolute atomic E-state index is 0.279. The summed E-state index contributed by atoms with van der Waals surface area (Å²) in [6.45, 7) is 4.15. The van der Waals surface area contributed by atoms with Crippen molar-refractivity contribution in [2.24, 2.45) is 10.9 Å². The number of urea groups is 1. The lowest BCUT2D eigenvalue weighted by molar-refractivity contribution is -0.140. The van der Waals surface area contributed by atoms with Crippen LogP contribution in [0.5, 0.6) is 11.5 Å². The van der Waals surface area contributed by atoms with Gasteiger partial charge in [-0.2, -0.15) is 0 Å². The van der Waals surface area contributed by atoms with E-state index in [4.69, 9.17) is 9.47 Å². The molecule has 1 aromatic heterocycles. The number of nitrogens with zero attached hydrogens (tertiary/aromatic N) is 2. The van der Waals surface area contributed by atoms with Gasteiger partial charge in [0.25, 0.3) is 0 Å². The molecule has 0 bridgehead atoms. The SMILES string of the molecule is CC1=NC(=O)NC(c2ccc(OCCOc3cccc4ccc(C)nc34)cc2)C1C(=O)O. The van der Waals surface area contributed by atoms with Gasteiger partial charge in [-0.25, -0.2) is 14.8 Å². The van der Waals surface area contributed by atoms with E-state index in [1.165, 1.54) is 0 Å². The Hall–Kier alpha value is -3.94. The van der Waals surface area contributed by atoms with E-state index < -0.39 is 24.0 Å². The van der Waals surface area contributed by atoms with E-state index in [9.17, 15) is 14.7 Å². The Morgan fingerprint density at radius 3 is 2.53 bits per heavy atom. The quantitative estimate of drug-likeness (QED) is 0.547. The summed E-state index contributed by atoms with van der Waals surface area (Å²) in [4.78, 5) is 31.7. The molecule has 8 nitrogen and oxygen atoms in total. The first kappa shape index (κ1) is 21.3. The van der Waals surface area contributed by atoms with Crippen molar-refractivity contribution in [1.82, 2.24) is 10.3 Å².